The zero-order valence-electron chi connectivity index (χ0n) is 80.1. The Morgan fingerprint density at radius 1 is 0.169 bits per heavy atom. The van der Waals surface area contributed by atoms with E-state index in [2.05, 4.69) is 489 Å². The maximum Gasteiger partial charge on any atom is 0.160 e. The predicted molar refractivity (Wildman–Crippen MR) is 596 cm³/mol. The molecule has 4 heterocycles. The number of rotatable bonds is 8. The van der Waals surface area contributed by atoms with Gasteiger partial charge in [-0.15, -0.1) is 0 Å². The van der Waals surface area contributed by atoms with E-state index >= 15 is 0 Å². The van der Waals surface area contributed by atoms with E-state index in [9.17, 15) is 0 Å². The van der Waals surface area contributed by atoms with Crippen molar-refractivity contribution in [2.45, 2.75) is 77.0 Å². The van der Waals surface area contributed by atoms with Crippen molar-refractivity contribution in [3.63, 3.8) is 0 Å². The van der Waals surface area contributed by atoms with Crippen LogP contribution in [0, 0.1) is 0 Å². The highest BCUT2D eigenvalue weighted by molar-refractivity contribution is 6.32. The van der Waals surface area contributed by atoms with Crippen LogP contribution < -0.4 is 0 Å². The molecule has 0 N–H and O–H groups in total. The van der Waals surface area contributed by atoms with Crippen molar-refractivity contribution in [2.24, 2.45) is 0 Å². The lowest BCUT2D eigenvalue weighted by Crippen LogP contribution is -2.15. The summed E-state index contributed by atoms with van der Waals surface area (Å²) in [5.41, 5.74) is 39.9. The van der Waals surface area contributed by atoms with E-state index in [0.29, 0.717) is 0 Å². The molecule has 0 unspecified atom stereocenters. The molecule has 0 aliphatic heterocycles. The largest absolute Gasteiger partial charge is 0.309 e. The first-order valence-corrected chi connectivity index (χ1v) is 49.8. The van der Waals surface area contributed by atoms with Crippen LogP contribution in [0.15, 0.2) is 425 Å². The molecule has 0 saturated carbocycles. The highest BCUT2D eigenvalue weighted by Crippen LogP contribution is 2.58. The molecule has 26 aromatic rings. The number of fused-ring (bicyclic) bond motifs is 30. The Bertz CT molecular complexity index is 10100. The smallest absolute Gasteiger partial charge is 0.160 e. The first-order chi connectivity index (χ1) is 69.4. The van der Waals surface area contributed by atoms with E-state index in [4.69, 9.17) is 19.9 Å². The molecule has 4 aliphatic rings. The molecule has 0 fully saturated rings. The second-order valence-corrected chi connectivity index (χ2v) is 41.8. The molecule has 30 rings (SSSR count). The molecule has 4 aliphatic carbocycles. The Labute approximate surface area is 822 Å². The van der Waals surface area contributed by atoms with Crippen LogP contribution in [0.3, 0.4) is 0 Å². The normalized spacial score (nSPS) is 14.1. The third kappa shape index (κ3) is 11.9. The zero-order valence-corrected chi connectivity index (χ0v) is 80.1. The van der Waals surface area contributed by atoms with Crippen molar-refractivity contribution in [1.82, 2.24) is 29.1 Å². The van der Waals surface area contributed by atoms with Crippen LogP contribution in [0.5, 0.6) is 0 Å². The van der Waals surface area contributed by atoms with Crippen LogP contribution in [0.4, 0.5) is 0 Å². The fourth-order valence-electron chi connectivity index (χ4n) is 25.6. The van der Waals surface area contributed by atoms with Crippen molar-refractivity contribution < 1.29 is 0 Å². The van der Waals surface area contributed by atoms with E-state index in [1.165, 1.54) is 208 Å². The summed E-state index contributed by atoms with van der Waals surface area (Å²) in [4.78, 5) is 22.4. The number of benzene rings is 22. The van der Waals surface area contributed by atoms with Gasteiger partial charge in [-0.2, -0.15) is 0 Å². The molecule has 0 amide bonds. The van der Waals surface area contributed by atoms with E-state index in [1.54, 1.807) is 0 Å². The Balaban J connectivity index is 0.000000137. The summed E-state index contributed by atoms with van der Waals surface area (Å²) < 4.78 is 4.97. The van der Waals surface area contributed by atoms with E-state index in [1.807, 2.05) is 0 Å². The van der Waals surface area contributed by atoms with Crippen LogP contribution in [0.1, 0.15) is 99.9 Å². The molecule has 0 spiro atoms. The van der Waals surface area contributed by atoms with Crippen molar-refractivity contribution >= 4 is 130 Å². The molecule has 0 bridgehead atoms. The first-order valence-electron chi connectivity index (χ1n) is 49.8. The molecule has 0 atom stereocenters. The lowest BCUT2D eigenvalue weighted by molar-refractivity contribution is 0.660. The summed E-state index contributed by atoms with van der Waals surface area (Å²) in [5, 5.41) is 22.1. The molecule has 22 aromatic carbocycles. The summed E-state index contributed by atoms with van der Waals surface area (Å²) >= 11 is 0. The maximum atomic E-state index is 5.74. The SMILES string of the molecule is CC1(C)c2cc(-c3nc(-c4ccc5c(c4)C(C)(C)c4cc6ccccc6cc4-5)c4cc(-n5c6ccc7ccccc7c6c6c7ccccc7c(-c7ccccc7)cc65)ccc4n3)ccc2-c2cc3ccccc3cc21.CC1(C)c2ccccc2-c2ccc(-c3nc(-c4ccc5c(c4)C(C)(C)c4ccccc4-5)c4cc(-n5c6ccc7ccccc7c6c6c7ccccc7c(-c7ccccc7)cc65)ccc4n3)cc21. The highest BCUT2D eigenvalue weighted by atomic mass is 15.0. The monoisotopic (exact) mass is 1810 g/mol. The standard InChI is InChI=1S/C72H49N3.C64H45N3/c1-71(2)60-38-48(26-30-53(60)57-34-44-19-8-10-21-46(44)36-62(57)71)69-59-40-50(29-32-64(59)73-70(74-69)49-27-31-54-58-35-45-20-9-11-22-47(45)37-63(58)72(3,4)61(54)39-49)75-65-33-28-43-18-12-13-23-51(43)67(65)68-55-25-15-14-24-52(55)56(41-66(68)75)42-16-6-5-7-17-42;1-63(2)52-24-14-12-21-45(52)47-30-26-40(34-54(47)63)61-51-36-42(29-32-56(51)65-62(66-61)41-27-31-48-46-22-13-15-25-53(46)64(3,4)55(48)35-41)67-57-33-28-39-18-8-9-19-43(39)59(57)60-49-23-11-10-20-44(49)50(37-58(60)67)38-16-6-5-7-17-38/h5-41H,1-4H3;5-37H,1-4H3. The van der Waals surface area contributed by atoms with Crippen LogP contribution in [-0.2, 0) is 21.7 Å². The lowest BCUT2D eigenvalue weighted by Gasteiger charge is -2.23. The van der Waals surface area contributed by atoms with Crippen LogP contribution >= 0.6 is 0 Å². The molecule has 142 heavy (non-hydrogen) atoms. The summed E-state index contributed by atoms with van der Waals surface area (Å²) in [6, 6.07) is 157. The summed E-state index contributed by atoms with van der Waals surface area (Å²) in [5.74, 6) is 1.46. The van der Waals surface area contributed by atoms with Gasteiger partial charge < -0.3 is 9.13 Å². The van der Waals surface area contributed by atoms with Gasteiger partial charge in [0.15, 0.2) is 11.6 Å². The van der Waals surface area contributed by atoms with E-state index in [0.717, 1.165) is 89.5 Å². The minimum Gasteiger partial charge on any atom is -0.309 e. The molecule has 6 nitrogen and oxygen atoms in total. The Morgan fingerprint density at radius 2 is 0.472 bits per heavy atom. The van der Waals surface area contributed by atoms with Gasteiger partial charge in [0, 0.05) is 87.6 Å². The first kappa shape index (κ1) is 81.8. The summed E-state index contributed by atoms with van der Waals surface area (Å²) in [6.45, 7) is 18.9. The van der Waals surface area contributed by atoms with Crippen LogP contribution in [0.2, 0.25) is 0 Å². The van der Waals surface area contributed by atoms with E-state index < -0.39 is 0 Å². The molecule has 0 radical (unpaired) electrons. The van der Waals surface area contributed by atoms with Gasteiger partial charge in [-0.05, 0) is 285 Å². The van der Waals surface area contributed by atoms with Crippen molar-refractivity contribution in [1.29, 1.82) is 0 Å². The van der Waals surface area contributed by atoms with Crippen LogP contribution in [0.25, 0.3) is 253 Å². The molecule has 6 heteroatoms. The fourth-order valence-corrected chi connectivity index (χ4v) is 25.6. The lowest BCUT2D eigenvalue weighted by atomic mass is 9.81. The molecular formula is C136H94N6. The van der Waals surface area contributed by atoms with Crippen molar-refractivity contribution in [2.75, 3.05) is 0 Å². The second-order valence-electron chi connectivity index (χ2n) is 41.8. The average Bonchev–Trinajstić information content (AvgIpc) is 1.68. The topological polar surface area (TPSA) is 61.4 Å². The van der Waals surface area contributed by atoms with Gasteiger partial charge in [0.05, 0.1) is 44.5 Å². The Morgan fingerprint density at radius 3 is 0.880 bits per heavy atom. The Kier molecular flexibility index (Phi) is 17.3. The molecule has 668 valence electrons. The van der Waals surface area contributed by atoms with Gasteiger partial charge in [-0.3, -0.25) is 0 Å². The van der Waals surface area contributed by atoms with Gasteiger partial charge in [-0.25, -0.2) is 19.9 Å². The molecule has 4 aromatic heterocycles. The van der Waals surface area contributed by atoms with E-state index in [-0.39, 0.29) is 21.7 Å². The third-order valence-electron chi connectivity index (χ3n) is 32.7. The minimum absolute atomic E-state index is 0.142. The minimum atomic E-state index is -0.224. The van der Waals surface area contributed by atoms with Gasteiger partial charge >= 0.3 is 0 Å². The van der Waals surface area contributed by atoms with Gasteiger partial charge in [0.2, 0.25) is 0 Å². The highest BCUT2D eigenvalue weighted by Gasteiger charge is 2.41. The van der Waals surface area contributed by atoms with Crippen molar-refractivity contribution in [3.8, 4) is 123 Å². The average molecular weight is 1810 g/mol. The zero-order chi connectivity index (χ0) is 94.7. The predicted octanol–water partition coefficient (Wildman–Crippen LogP) is 35.6. The van der Waals surface area contributed by atoms with Crippen molar-refractivity contribution in [3.05, 3.63) is 469 Å². The molecule has 0 saturated heterocycles. The summed E-state index contributed by atoms with van der Waals surface area (Å²) in [6.07, 6.45) is 0. The van der Waals surface area contributed by atoms with Crippen LogP contribution in [-0.4, -0.2) is 29.1 Å². The number of nitrogens with zero attached hydrogens (tertiary/aromatic N) is 6. The van der Waals surface area contributed by atoms with Gasteiger partial charge in [0.25, 0.3) is 0 Å². The van der Waals surface area contributed by atoms with Gasteiger partial charge in [0.1, 0.15) is 0 Å². The number of aromatic nitrogens is 6. The van der Waals surface area contributed by atoms with Gasteiger partial charge in [-0.1, -0.05) is 371 Å². The third-order valence-corrected chi connectivity index (χ3v) is 32.7. The molecular weight excluding hydrogens is 1720 g/mol. The quantitative estimate of drug-likeness (QED) is 0.152. The second kappa shape index (κ2) is 30.1. The number of hydrogen-bond acceptors (Lipinski definition) is 4. The fraction of sp³-hybridized carbons (Fsp3) is 0.0882. The summed E-state index contributed by atoms with van der Waals surface area (Å²) in [7, 11) is 0. The maximum absolute atomic E-state index is 5.74. The number of hydrogen-bond donors (Lipinski definition) is 0. The Hall–Kier alpha value is -17.3.